The van der Waals surface area contributed by atoms with Crippen molar-refractivity contribution in [3.05, 3.63) is 151 Å². The molecule has 0 saturated carbocycles. The van der Waals surface area contributed by atoms with Crippen molar-refractivity contribution in [3.63, 3.8) is 0 Å². The van der Waals surface area contributed by atoms with Crippen LogP contribution in [0.2, 0.25) is 0 Å². The topological polar surface area (TPSA) is 51.8 Å². The summed E-state index contributed by atoms with van der Waals surface area (Å²) >= 11 is 0. The van der Waals surface area contributed by atoms with E-state index in [0.29, 0.717) is 17.5 Å². The summed E-state index contributed by atoms with van der Waals surface area (Å²) in [5, 5.41) is 2.05. The predicted octanol–water partition coefficient (Wildman–Crippen LogP) is 11.7. The Morgan fingerprint density at radius 1 is 0.429 bits per heavy atom. The molecule has 0 spiro atoms. The number of nitrogens with zero attached hydrogens (tertiary/aromatic N) is 3. The van der Waals surface area contributed by atoms with Crippen LogP contribution in [0.15, 0.2) is 144 Å². The molecule has 9 rings (SSSR count). The second-order valence-electron chi connectivity index (χ2n) is 14.1. The second-order valence-corrected chi connectivity index (χ2v) is 14.1. The van der Waals surface area contributed by atoms with Crippen molar-refractivity contribution in [3.8, 4) is 56.4 Å². The Kier molecular flexibility index (Phi) is 6.47. The summed E-state index contributed by atoms with van der Waals surface area (Å²) in [7, 11) is 0. The number of para-hydroxylation sites is 1. The molecule has 6 aromatic carbocycles. The van der Waals surface area contributed by atoms with Crippen molar-refractivity contribution in [2.45, 2.75) is 38.5 Å². The summed E-state index contributed by atoms with van der Waals surface area (Å²) in [5.41, 5.74) is 11.9. The molecule has 1 aliphatic carbocycles. The van der Waals surface area contributed by atoms with E-state index in [-0.39, 0.29) is 10.8 Å². The number of rotatable bonds is 4. The van der Waals surface area contributed by atoms with E-state index in [1.165, 1.54) is 33.4 Å². The molecule has 0 bridgehead atoms. The Balaban J connectivity index is 1.29. The molecule has 2 aromatic heterocycles. The molecule has 236 valence electrons. The molecule has 0 amide bonds. The lowest BCUT2D eigenvalue weighted by atomic mass is 9.54. The number of benzene rings is 6. The smallest absolute Gasteiger partial charge is 0.164 e. The predicted molar refractivity (Wildman–Crippen MR) is 200 cm³/mol. The molecule has 0 fully saturated rings. The third-order valence-electron chi connectivity index (χ3n) is 10.9. The van der Waals surface area contributed by atoms with Crippen LogP contribution >= 0.6 is 0 Å². The standard InChI is InChI=1S/C45H35N3O/c1-44(2)36-26-25-30(27-35(36)32-21-13-20-31(40(32)45(44,3)4)28-15-7-5-8-16-28)42-46-41(29-17-9-6-10-18-29)47-43(48-42)34-22-14-24-38-39(34)33-19-11-12-23-37(33)49-38/h5-27H,1-4H3. The zero-order valence-electron chi connectivity index (χ0n) is 28.0. The molecule has 0 radical (unpaired) electrons. The van der Waals surface area contributed by atoms with Crippen LogP contribution in [0, 0.1) is 0 Å². The average Bonchev–Trinajstić information content (AvgIpc) is 3.53. The minimum atomic E-state index is -0.143. The van der Waals surface area contributed by atoms with Crippen LogP contribution in [-0.4, -0.2) is 15.0 Å². The van der Waals surface area contributed by atoms with E-state index in [1.807, 2.05) is 48.5 Å². The van der Waals surface area contributed by atoms with Crippen LogP contribution in [0.4, 0.5) is 0 Å². The van der Waals surface area contributed by atoms with E-state index >= 15 is 0 Å². The first-order valence-corrected chi connectivity index (χ1v) is 16.9. The first kappa shape index (κ1) is 29.3. The van der Waals surface area contributed by atoms with Gasteiger partial charge in [0.15, 0.2) is 17.5 Å². The molecule has 4 nitrogen and oxygen atoms in total. The molecule has 0 unspecified atom stereocenters. The van der Waals surface area contributed by atoms with E-state index in [9.17, 15) is 0 Å². The molecule has 8 aromatic rings. The van der Waals surface area contributed by atoms with Gasteiger partial charge in [0.1, 0.15) is 11.2 Å². The summed E-state index contributed by atoms with van der Waals surface area (Å²) in [4.78, 5) is 15.4. The van der Waals surface area contributed by atoms with Crippen molar-refractivity contribution in [2.75, 3.05) is 0 Å². The summed E-state index contributed by atoms with van der Waals surface area (Å²) < 4.78 is 6.25. The SMILES string of the molecule is CC1(C)c2ccc(-c3nc(-c4ccccc4)nc(-c4cccc5oc6ccccc6c45)n3)cc2-c2cccc(-c3ccccc3)c2C1(C)C. The van der Waals surface area contributed by atoms with Gasteiger partial charge in [-0.2, -0.15) is 0 Å². The van der Waals surface area contributed by atoms with Crippen molar-refractivity contribution in [2.24, 2.45) is 0 Å². The van der Waals surface area contributed by atoms with Crippen molar-refractivity contribution >= 4 is 21.9 Å². The highest BCUT2D eigenvalue weighted by Gasteiger charge is 2.47. The number of aromatic nitrogens is 3. The van der Waals surface area contributed by atoms with Gasteiger partial charge in [0, 0.05) is 32.9 Å². The molecule has 0 aliphatic heterocycles. The first-order valence-electron chi connectivity index (χ1n) is 16.9. The van der Waals surface area contributed by atoms with Gasteiger partial charge in [0.25, 0.3) is 0 Å². The Labute approximate surface area is 286 Å². The average molecular weight is 634 g/mol. The van der Waals surface area contributed by atoms with Gasteiger partial charge in [-0.25, -0.2) is 15.0 Å². The highest BCUT2D eigenvalue weighted by atomic mass is 16.3. The van der Waals surface area contributed by atoms with Gasteiger partial charge < -0.3 is 4.42 Å². The maximum Gasteiger partial charge on any atom is 0.164 e. The van der Waals surface area contributed by atoms with Crippen LogP contribution in [-0.2, 0) is 10.8 Å². The number of furan rings is 1. The third kappa shape index (κ3) is 4.48. The first-order chi connectivity index (χ1) is 23.8. The lowest BCUT2D eigenvalue weighted by Crippen LogP contribution is -2.44. The Morgan fingerprint density at radius 3 is 1.80 bits per heavy atom. The molecule has 49 heavy (non-hydrogen) atoms. The van der Waals surface area contributed by atoms with Crippen molar-refractivity contribution in [1.29, 1.82) is 0 Å². The van der Waals surface area contributed by atoms with Crippen LogP contribution in [0.25, 0.3) is 78.4 Å². The zero-order valence-corrected chi connectivity index (χ0v) is 28.0. The van der Waals surface area contributed by atoms with Gasteiger partial charge in [-0.05, 0) is 57.0 Å². The molecular weight excluding hydrogens is 599 g/mol. The van der Waals surface area contributed by atoms with E-state index in [1.54, 1.807) is 0 Å². The summed E-state index contributed by atoms with van der Waals surface area (Å²) in [6, 6.07) is 48.7. The van der Waals surface area contributed by atoms with E-state index in [0.717, 1.165) is 38.6 Å². The van der Waals surface area contributed by atoms with E-state index in [2.05, 4.69) is 119 Å². The fourth-order valence-electron chi connectivity index (χ4n) is 7.71. The van der Waals surface area contributed by atoms with E-state index < -0.39 is 0 Å². The van der Waals surface area contributed by atoms with Crippen molar-refractivity contribution in [1.82, 2.24) is 15.0 Å². The Hall–Kier alpha value is -5.87. The van der Waals surface area contributed by atoms with Crippen LogP contribution in [0.3, 0.4) is 0 Å². The maximum absolute atomic E-state index is 6.25. The lowest BCUT2D eigenvalue weighted by molar-refractivity contribution is 0.300. The Morgan fingerprint density at radius 2 is 1.02 bits per heavy atom. The van der Waals surface area contributed by atoms with Gasteiger partial charge in [-0.15, -0.1) is 0 Å². The fraction of sp³-hybridized carbons (Fsp3) is 0.133. The zero-order chi connectivity index (χ0) is 33.3. The highest BCUT2D eigenvalue weighted by molar-refractivity contribution is 6.11. The van der Waals surface area contributed by atoms with Crippen LogP contribution in [0.5, 0.6) is 0 Å². The molecule has 2 heterocycles. The minimum Gasteiger partial charge on any atom is -0.456 e. The van der Waals surface area contributed by atoms with Gasteiger partial charge in [0.2, 0.25) is 0 Å². The number of hydrogen-bond donors (Lipinski definition) is 0. The van der Waals surface area contributed by atoms with Crippen LogP contribution < -0.4 is 0 Å². The summed E-state index contributed by atoms with van der Waals surface area (Å²) in [5.74, 6) is 1.89. The van der Waals surface area contributed by atoms with E-state index in [4.69, 9.17) is 19.4 Å². The number of hydrogen-bond acceptors (Lipinski definition) is 4. The largest absolute Gasteiger partial charge is 0.456 e. The third-order valence-corrected chi connectivity index (χ3v) is 10.9. The van der Waals surface area contributed by atoms with Crippen molar-refractivity contribution < 1.29 is 4.42 Å². The summed E-state index contributed by atoms with van der Waals surface area (Å²) in [6.45, 7) is 9.53. The van der Waals surface area contributed by atoms with Gasteiger partial charge in [-0.3, -0.25) is 0 Å². The quantitative estimate of drug-likeness (QED) is 0.193. The van der Waals surface area contributed by atoms with Crippen LogP contribution in [0.1, 0.15) is 38.8 Å². The molecule has 4 heteroatoms. The molecule has 0 saturated heterocycles. The van der Waals surface area contributed by atoms with Gasteiger partial charge in [0.05, 0.1) is 0 Å². The van der Waals surface area contributed by atoms with Gasteiger partial charge >= 0.3 is 0 Å². The second kappa shape index (κ2) is 10.8. The maximum atomic E-state index is 6.25. The number of fused-ring (bicyclic) bond motifs is 6. The molecule has 0 N–H and O–H groups in total. The fourth-order valence-corrected chi connectivity index (χ4v) is 7.71. The Bertz CT molecular complexity index is 2550. The molecule has 1 aliphatic rings. The summed E-state index contributed by atoms with van der Waals surface area (Å²) in [6.07, 6.45) is 0. The molecular formula is C45H35N3O. The minimum absolute atomic E-state index is 0.129. The lowest BCUT2D eigenvalue weighted by Gasteiger charge is -2.49. The highest BCUT2D eigenvalue weighted by Crippen LogP contribution is 2.56. The molecule has 0 atom stereocenters. The van der Waals surface area contributed by atoms with Gasteiger partial charge in [-0.1, -0.05) is 149 Å². The normalized spacial score (nSPS) is 14.4. The monoisotopic (exact) mass is 633 g/mol.